The quantitative estimate of drug-likeness (QED) is 0.657. The average molecular weight is 365 g/mol. The Kier molecular flexibility index (Phi) is 6.13. The van der Waals surface area contributed by atoms with E-state index in [0.717, 1.165) is 45.6 Å². The van der Waals surface area contributed by atoms with Gasteiger partial charge in [0, 0.05) is 59.8 Å². The molecule has 0 radical (unpaired) electrons. The van der Waals surface area contributed by atoms with E-state index >= 15 is 0 Å². The summed E-state index contributed by atoms with van der Waals surface area (Å²) in [5, 5.41) is 0. The van der Waals surface area contributed by atoms with Crippen LogP contribution < -0.4 is 0 Å². The van der Waals surface area contributed by atoms with Gasteiger partial charge in [0.15, 0.2) is 11.9 Å². The molecule has 3 aliphatic rings. The normalized spacial score (nSPS) is 27.3. The van der Waals surface area contributed by atoms with Crippen molar-refractivity contribution in [3.05, 3.63) is 0 Å². The molecule has 0 aromatic rings. The SMILES string of the molecule is CC1=NC(C(=O)N2CCC[C@H]2C(=O)N(C)CCN2CCN(C)CC2)CO1. The summed E-state index contributed by atoms with van der Waals surface area (Å²) in [6, 6.07) is -0.838. The second-order valence-electron chi connectivity index (χ2n) is 7.57. The highest BCUT2D eigenvalue weighted by atomic mass is 16.5. The number of nitrogens with zero attached hydrogens (tertiary/aromatic N) is 5. The maximum Gasteiger partial charge on any atom is 0.251 e. The molecule has 8 heteroatoms. The third kappa shape index (κ3) is 4.35. The number of piperazine rings is 1. The molecule has 3 aliphatic heterocycles. The van der Waals surface area contributed by atoms with Crippen molar-refractivity contribution in [1.82, 2.24) is 19.6 Å². The molecule has 0 aromatic carbocycles. The Labute approximate surface area is 155 Å². The average Bonchev–Trinajstić information content (AvgIpc) is 3.29. The predicted molar refractivity (Wildman–Crippen MR) is 99.2 cm³/mol. The van der Waals surface area contributed by atoms with Crippen LogP contribution >= 0.6 is 0 Å². The van der Waals surface area contributed by atoms with E-state index in [4.69, 9.17) is 4.74 Å². The smallest absolute Gasteiger partial charge is 0.251 e. The number of ether oxygens (including phenoxy) is 1. The molecule has 0 bridgehead atoms. The van der Waals surface area contributed by atoms with Crippen LogP contribution in [0.3, 0.4) is 0 Å². The number of carbonyl (C=O) groups is 2. The van der Waals surface area contributed by atoms with Gasteiger partial charge in [-0.2, -0.15) is 0 Å². The first-order valence-electron chi connectivity index (χ1n) is 9.59. The molecule has 146 valence electrons. The maximum absolute atomic E-state index is 12.9. The summed E-state index contributed by atoms with van der Waals surface area (Å²) in [5.74, 6) is 0.518. The summed E-state index contributed by atoms with van der Waals surface area (Å²) >= 11 is 0. The fraction of sp³-hybridized carbons (Fsp3) is 0.833. The molecule has 2 atom stereocenters. The van der Waals surface area contributed by atoms with Crippen LogP contribution in [0.2, 0.25) is 0 Å². The highest BCUT2D eigenvalue weighted by Crippen LogP contribution is 2.22. The first-order valence-corrected chi connectivity index (χ1v) is 9.59. The van der Waals surface area contributed by atoms with E-state index in [1.807, 2.05) is 7.05 Å². The molecule has 2 fully saturated rings. The van der Waals surface area contributed by atoms with E-state index in [0.29, 0.717) is 25.6 Å². The van der Waals surface area contributed by atoms with Crippen LogP contribution in [0.5, 0.6) is 0 Å². The monoisotopic (exact) mass is 365 g/mol. The Balaban J connectivity index is 1.51. The second kappa shape index (κ2) is 8.35. The lowest BCUT2D eigenvalue weighted by atomic mass is 10.1. The second-order valence-corrected chi connectivity index (χ2v) is 7.57. The summed E-state index contributed by atoms with van der Waals surface area (Å²) < 4.78 is 5.30. The Bertz CT molecular complexity index is 559. The molecule has 8 nitrogen and oxygen atoms in total. The van der Waals surface area contributed by atoms with Crippen LogP contribution in [0, 0.1) is 0 Å². The van der Waals surface area contributed by atoms with E-state index in [-0.39, 0.29) is 17.9 Å². The van der Waals surface area contributed by atoms with Gasteiger partial charge in [-0.25, -0.2) is 4.99 Å². The first-order chi connectivity index (χ1) is 12.5. The molecule has 2 amide bonds. The van der Waals surface area contributed by atoms with E-state index in [1.165, 1.54) is 0 Å². The lowest BCUT2D eigenvalue weighted by Gasteiger charge is -2.34. The van der Waals surface area contributed by atoms with Crippen molar-refractivity contribution in [3.8, 4) is 0 Å². The minimum absolute atomic E-state index is 0.0459. The van der Waals surface area contributed by atoms with Crippen LogP contribution in [-0.4, -0.2) is 116 Å². The molecule has 3 rings (SSSR count). The van der Waals surface area contributed by atoms with Crippen molar-refractivity contribution in [2.75, 3.05) is 66.5 Å². The number of likely N-dealkylation sites (N-methyl/N-ethyl adjacent to an activating group) is 2. The minimum atomic E-state index is -0.487. The molecule has 0 saturated carbocycles. The first kappa shape index (κ1) is 19.1. The number of carbonyl (C=O) groups excluding carboxylic acids is 2. The zero-order chi connectivity index (χ0) is 18.7. The van der Waals surface area contributed by atoms with Gasteiger partial charge in [0.05, 0.1) is 0 Å². The number of aliphatic imine (C=N–C) groups is 1. The minimum Gasteiger partial charge on any atom is -0.478 e. The molecule has 3 heterocycles. The Morgan fingerprint density at radius 2 is 1.96 bits per heavy atom. The van der Waals surface area contributed by atoms with Gasteiger partial charge >= 0.3 is 0 Å². The predicted octanol–water partition coefficient (Wildman–Crippen LogP) is -0.500. The fourth-order valence-electron chi connectivity index (χ4n) is 3.83. The fourth-order valence-corrected chi connectivity index (χ4v) is 3.83. The van der Waals surface area contributed by atoms with Crippen molar-refractivity contribution in [2.45, 2.75) is 31.8 Å². The Morgan fingerprint density at radius 3 is 2.62 bits per heavy atom. The highest BCUT2D eigenvalue weighted by molar-refractivity contribution is 5.92. The molecule has 0 N–H and O–H groups in total. The lowest BCUT2D eigenvalue weighted by Crippen LogP contribution is -2.51. The molecular formula is C18H31N5O3. The summed E-state index contributed by atoms with van der Waals surface area (Å²) in [7, 11) is 3.99. The molecule has 0 spiro atoms. The van der Waals surface area contributed by atoms with E-state index in [1.54, 1.807) is 16.7 Å². The topological polar surface area (TPSA) is 68.7 Å². The van der Waals surface area contributed by atoms with Crippen molar-refractivity contribution < 1.29 is 14.3 Å². The van der Waals surface area contributed by atoms with Crippen LogP contribution in [-0.2, 0) is 14.3 Å². The maximum atomic E-state index is 12.9. The van der Waals surface area contributed by atoms with Gasteiger partial charge in [0.2, 0.25) is 5.91 Å². The van der Waals surface area contributed by atoms with Crippen molar-refractivity contribution in [1.29, 1.82) is 0 Å². The van der Waals surface area contributed by atoms with Crippen molar-refractivity contribution in [3.63, 3.8) is 0 Å². The number of hydrogen-bond acceptors (Lipinski definition) is 6. The van der Waals surface area contributed by atoms with Gasteiger partial charge in [-0.15, -0.1) is 0 Å². The number of amides is 2. The number of likely N-dealkylation sites (tertiary alicyclic amines) is 1. The van der Waals surface area contributed by atoms with Crippen molar-refractivity contribution >= 4 is 17.7 Å². The summed E-state index contributed by atoms with van der Waals surface area (Å²) in [6.45, 7) is 8.51. The highest BCUT2D eigenvalue weighted by Gasteiger charge is 2.39. The van der Waals surface area contributed by atoms with E-state index in [2.05, 4.69) is 21.8 Å². The third-order valence-electron chi connectivity index (χ3n) is 5.62. The third-order valence-corrected chi connectivity index (χ3v) is 5.62. The number of hydrogen-bond donors (Lipinski definition) is 0. The van der Waals surface area contributed by atoms with Gasteiger partial charge in [-0.3, -0.25) is 14.5 Å². The van der Waals surface area contributed by atoms with Gasteiger partial charge in [0.1, 0.15) is 12.6 Å². The Morgan fingerprint density at radius 1 is 1.23 bits per heavy atom. The van der Waals surface area contributed by atoms with Gasteiger partial charge in [-0.05, 0) is 19.9 Å². The van der Waals surface area contributed by atoms with Gasteiger partial charge in [0.25, 0.3) is 5.91 Å². The Hall–Kier alpha value is -1.67. The molecule has 2 saturated heterocycles. The van der Waals surface area contributed by atoms with Crippen molar-refractivity contribution in [2.24, 2.45) is 4.99 Å². The van der Waals surface area contributed by atoms with Crippen LogP contribution in [0.15, 0.2) is 4.99 Å². The van der Waals surface area contributed by atoms with E-state index in [9.17, 15) is 9.59 Å². The number of rotatable bonds is 5. The zero-order valence-corrected chi connectivity index (χ0v) is 16.2. The standard InChI is InChI=1S/C18H31N5O3/c1-14-19-15(13-26-14)17(24)23-6-4-5-16(23)18(25)21(3)9-12-22-10-7-20(2)8-11-22/h15-16H,4-13H2,1-3H3/t15?,16-/m0/s1. The summed E-state index contributed by atoms with van der Waals surface area (Å²) in [5.41, 5.74) is 0. The van der Waals surface area contributed by atoms with Gasteiger partial charge in [-0.1, -0.05) is 0 Å². The van der Waals surface area contributed by atoms with E-state index < -0.39 is 6.04 Å². The van der Waals surface area contributed by atoms with Gasteiger partial charge < -0.3 is 19.4 Å². The van der Waals surface area contributed by atoms with Crippen LogP contribution in [0.4, 0.5) is 0 Å². The summed E-state index contributed by atoms with van der Waals surface area (Å²) in [6.07, 6.45) is 1.60. The zero-order valence-electron chi connectivity index (χ0n) is 16.2. The lowest BCUT2D eigenvalue weighted by molar-refractivity contribution is -0.143. The molecule has 1 unspecified atom stereocenters. The van der Waals surface area contributed by atoms with Crippen LogP contribution in [0.1, 0.15) is 19.8 Å². The molecular weight excluding hydrogens is 334 g/mol. The molecule has 26 heavy (non-hydrogen) atoms. The largest absolute Gasteiger partial charge is 0.478 e. The molecule has 0 aliphatic carbocycles. The molecule has 0 aromatic heterocycles. The summed E-state index contributed by atoms with van der Waals surface area (Å²) in [4.78, 5) is 38.1. The van der Waals surface area contributed by atoms with Crippen LogP contribution in [0.25, 0.3) is 0 Å².